The van der Waals surface area contributed by atoms with Gasteiger partial charge in [0.1, 0.15) is 6.54 Å². The summed E-state index contributed by atoms with van der Waals surface area (Å²) in [4.78, 5) is 17.4. The molecule has 8 heteroatoms. The highest BCUT2D eigenvalue weighted by molar-refractivity contribution is 7.93. The Hall–Kier alpha value is -2.97. The van der Waals surface area contributed by atoms with Gasteiger partial charge in [-0.25, -0.2) is 13.4 Å². The summed E-state index contributed by atoms with van der Waals surface area (Å²) in [5, 5.41) is 4.72. The van der Waals surface area contributed by atoms with Gasteiger partial charge in [0.25, 0.3) is 10.0 Å². The van der Waals surface area contributed by atoms with E-state index in [2.05, 4.69) is 23.3 Å². The van der Waals surface area contributed by atoms with Gasteiger partial charge in [-0.05, 0) is 41.6 Å². The average Bonchev–Trinajstić information content (AvgIpc) is 3.20. The number of nitrogens with zero attached hydrogens (tertiary/aromatic N) is 2. The molecule has 146 valence electrons. The van der Waals surface area contributed by atoms with Gasteiger partial charge in [-0.3, -0.25) is 9.10 Å². The molecule has 0 spiro atoms. The van der Waals surface area contributed by atoms with E-state index in [4.69, 9.17) is 0 Å². The Labute approximate surface area is 171 Å². The van der Waals surface area contributed by atoms with Crippen LogP contribution in [-0.4, -0.2) is 25.9 Å². The molecular weight excluding hydrogens is 406 g/mol. The molecule has 0 saturated carbocycles. The highest BCUT2D eigenvalue weighted by atomic mass is 32.2. The molecule has 4 aromatic rings. The van der Waals surface area contributed by atoms with Crippen LogP contribution in [0, 0.1) is 0 Å². The van der Waals surface area contributed by atoms with Crippen LogP contribution in [0.4, 0.5) is 10.8 Å². The van der Waals surface area contributed by atoms with E-state index in [1.54, 1.807) is 24.3 Å². The Kier molecular flexibility index (Phi) is 4.07. The highest BCUT2D eigenvalue weighted by Crippen LogP contribution is 2.41. The fraction of sp³-hybridized carbons (Fsp3) is 0.143. The van der Waals surface area contributed by atoms with Gasteiger partial charge in [-0.15, -0.1) is 0 Å². The summed E-state index contributed by atoms with van der Waals surface area (Å²) >= 11 is 1.38. The van der Waals surface area contributed by atoms with Crippen LogP contribution < -0.4 is 9.62 Å². The molecule has 1 aliphatic rings. The first-order valence-electron chi connectivity index (χ1n) is 9.21. The number of anilines is 2. The number of benzene rings is 3. The van der Waals surface area contributed by atoms with Gasteiger partial charge in [0, 0.05) is 5.39 Å². The lowest BCUT2D eigenvalue weighted by molar-refractivity contribution is -0.114. The van der Waals surface area contributed by atoms with Crippen LogP contribution in [0.1, 0.15) is 12.5 Å². The lowest BCUT2D eigenvalue weighted by Crippen LogP contribution is -2.35. The van der Waals surface area contributed by atoms with Gasteiger partial charge in [-0.2, -0.15) is 0 Å². The standard InChI is InChI=1S/C21H17N3O3S2/c1-2-13-9-10-15-17(11-13)28-21(22-15)23-19(25)12-24-16-7-3-5-14-6-4-8-18(20(14)16)29(24,26)27/h3-11H,2,12H2,1H3,(H,22,23,25). The minimum Gasteiger partial charge on any atom is -0.300 e. The number of rotatable bonds is 4. The van der Waals surface area contributed by atoms with Gasteiger partial charge in [0.2, 0.25) is 5.91 Å². The van der Waals surface area contributed by atoms with E-state index in [1.165, 1.54) is 21.2 Å². The zero-order valence-electron chi connectivity index (χ0n) is 15.5. The molecule has 6 nitrogen and oxygen atoms in total. The molecule has 1 amide bonds. The second-order valence-electron chi connectivity index (χ2n) is 6.87. The summed E-state index contributed by atoms with van der Waals surface area (Å²) in [5.41, 5.74) is 2.55. The number of carbonyl (C=O) groups is 1. The van der Waals surface area contributed by atoms with Crippen LogP contribution >= 0.6 is 11.3 Å². The fourth-order valence-electron chi connectivity index (χ4n) is 3.66. The zero-order valence-corrected chi connectivity index (χ0v) is 17.2. The summed E-state index contributed by atoms with van der Waals surface area (Å²) in [6.45, 7) is 1.78. The number of fused-ring (bicyclic) bond motifs is 1. The molecule has 0 radical (unpaired) electrons. The quantitative estimate of drug-likeness (QED) is 0.535. The molecule has 0 saturated heterocycles. The van der Waals surface area contributed by atoms with E-state index in [1.807, 2.05) is 24.3 Å². The molecule has 2 heterocycles. The largest absolute Gasteiger partial charge is 0.300 e. The molecule has 0 bridgehead atoms. The third-order valence-electron chi connectivity index (χ3n) is 5.08. The number of aryl methyl sites for hydroxylation is 1. The summed E-state index contributed by atoms with van der Waals surface area (Å²) in [6, 6.07) is 16.6. The molecule has 0 fully saturated rings. The Balaban J connectivity index is 1.44. The predicted octanol–water partition coefficient (Wildman–Crippen LogP) is 4.16. The van der Waals surface area contributed by atoms with Gasteiger partial charge < -0.3 is 5.32 Å². The Morgan fingerprint density at radius 1 is 1.14 bits per heavy atom. The number of carbonyl (C=O) groups excluding carboxylic acids is 1. The first kappa shape index (κ1) is 18.1. The molecular formula is C21H17N3O3S2. The van der Waals surface area contributed by atoms with Crippen molar-refractivity contribution in [3.63, 3.8) is 0 Å². The molecule has 3 aromatic carbocycles. The maximum absolute atomic E-state index is 13.0. The Morgan fingerprint density at radius 2 is 1.93 bits per heavy atom. The third-order valence-corrected chi connectivity index (χ3v) is 7.81. The summed E-state index contributed by atoms with van der Waals surface area (Å²) in [7, 11) is -3.76. The fourth-order valence-corrected chi connectivity index (χ4v) is 6.27. The van der Waals surface area contributed by atoms with Crippen molar-refractivity contribution in [2.75, 3.05) is 16.2 Å². The SMILES string of the molecule is CCc1ccc2nc(NC(=O)CN3c4cccc5cccc(c45)S3(=O)=O)sc2c1. The van der Waals surface area contributed by atoms with E-state index < -0.39 is 15.9 Å². The lowest BCUT2D eigenvalue weighted by Gasteiger charge is -2.17. The molecule has 0 atom stereocenters. The van der Waals surface area contributed by atoms with Crippen molar-refractivity contribution in [1.82, 2.24) is 4.98 Å². The van der Waals surface area contributed by atoms with Crippen LogP contribution in [0.3, 0.4) is 0 Å². The minimum atomic E-state index is -3.76. The molecule has 1 aromatic heterocycles. The van der Waals surface area contributed by atoms with Crippen LogP contribution in [0.25, 0.3) is 21.0 Å². The van der Waals surface area contributed by atoms with Gasteiger partial charge in [-0.1, -0.05) is 48.6 Å². The zero-order chi connectivity index (χ0) is 20.2. The van der Waals surface area contributed by atoms with E-state index in [9.17, 15) is 13.2 Å². The topological polar surface area (TPSA) is 79.4 Å². The summed E-state index contributed by atoms with van der Waals surface area (Å²) in [6.07, 6.45) is 0.925. The number of thiazole rings is 1. The van der Waals surface area contributed by atoms with Crippen molar-refractivity contribution >= 4 is 59.1 Å². The maximum Gasteiger partial charge on any atom is 0.265 e. The highest BCUT2D eigenvalue weighted by Gasteiger charge is 2.36. The first-order chi connectivity index (χ1) is 14.0. The van der Waals surface area contributed by atoms with Crippen LogP contribution in [-0.2, 0) is 21.2 Å². The smallest absolute Gasteiger partial charge is 0.265 e. The van der Waals surface area contributed by atoms with E-state index >= 15 is 0 Å². The molecule has 1 aliphatic heterocycles. The maximum atomic E-state index is 13.0. The summed E-state index contributed by atoms with van der Waals surface area (Å²) in [5.74, 6) is -0.423. The number of hydrogen-bond donors (Lipinski definition) is 1. The first-order valence-corrected chi connectivity index (χ1v) is 11.5. The van der Waals surface area contributed by atoms with Crippen molar-refractivity contribution in [3.05, 3.63) is 60.2 Å². The second kappa shape index (κ2) is 6.53. The van der Waals surface area contributed by atoms with E-state index in [0.717, 1.165) is 22.0 Å². The second-order valence-corrected chi connectivity index (χ2v) is 9.73. The van der Waals surface area contributed by atoms with Crippen LogP contribution in [0.2, 0.25) is 0 Å². The van der Waals surface area contributed by atoms with E-state index in [0.29, 0.717) is 16.2 Å². The van der Waals surface area contributed by atoms with Gasteiger partial charge in [0.15, 0.2) is 5.13 Å². The minimum absolute atomic E-state index is 0.241. The van der Waals surface area contributed by atoms with Crippen molar-refractivity contribution in [1.29, 1.82) is 0 Å². The third kappa shape index (κ3) is 2.87. The lowest BCUT2D eigenvalue weighted by atomic mass is 10.1. The number of hydrogen-bond acceptors (Lipinski definition) is 5. The molecule has 1 N–H and O–H groups in total. The average molecular weight is 424 g/mol. The van der Waals surface area contributed by atoms with Crippen molar-refractivity contribution < 1.29 is 13.2 Å². The van der Waals surface area contributed by atoms with Crippen LogP contribution in [0.15, 0.2) is 59.5 Å². The summed E-state index contributed by atoms with van der Waals surface area (Å²) < 4.78 is 28.2. The Morgan fingerprint density at radius 3 is 2.72 bits per heavy atom. The molecule has 29 heavy (non-hydrogen) atoms. The Bertz CT molecular complexity index is 1390. The number of nitrogens with one attached hydrogen (secondary N) is 1. The molecule has 5 rings (SSSR count). The number of aromatic nitrogens is 1. The van der Waals surface area contributed by atoms with Gasteiger partial charge >= 0.3 is 0 Å². The van der Waals surface area contributed by atoms with Crippen molar-refractivity contribution in [2.45, 2.75) is 18.2 Å². The number of amides is 1. The molecule has 0 aliphatic carbocycles. The van der Waals surface area contributed by atoms with Gasteiger partial charge in [0.05, 0.1) is 20.8 Å². The molecule has 0 unspecified atom stereocenters. The van der Waals surface area contributed by atoms with Crippen molar-refractivity contribution in [3.8, 4) is 0 Å². The van der Waals surface area contributed by atoms with Crippen molar-refractivity contribution in [2.24, 2.45) is 0 Å². The number of sulfonamides is 1. The normalized spacial score (nSPS) is 14.6. The monoisotopic (exact) mass is 423 g/mol. The van der Waals surface area contributed by atoms with Crippen LogP contribution in [0.5, 0.6) is 0 Å². The predicted molar refractivity (Wildman–Crippen MR) is 116 cm³/mol. The van der Waals surface area contributed by atoms with E-state index in [-0.39, 0.29) is 11.4 Å².